The van der Waals surface area contributed by atoms with Crippen molar-refractivity contribution >= 4 is 22.8 Å². The Morgan fingerprint density at radius 1 is 0.885 bits per heavy atom. The zero-order valence-corrected chi connectivity index (χ0v) is 13.6. The third kappa shape index (κ3) is 4.67. The van der Waals surface area contributed by atoms with Crippen molar-refractivity contribution in [3.05, 3.63) is 29.3 Å². The minimum atomic E-state index is -6.36. The minimum Gasteiger partial charge on any atom is -0.768 e. The molecule has 26 heavy (non-hydrogen) atoms. The van der Waals surface area contributed by atoms with Crippen LogP contribution in [0.2, 0.25) is 0 Å². The molecule has 0 aromatic heterocycles. The maximum Gasteiger partial charge on any atom is 1.00 e. The average Bonchev–Trinajstić information content (AvgIpc) is 2.40. The standard InChI is InChI=1S/C10H3F11O2S2.Li/c11-4-2-6(24-9(18,19)10(20,21)25(22)23)5(12)1-3(4)7(13,14)8(15,16)17;/h1-2H,(H,22,23);/q;+1/p-1. The van der Waals surface area contributed by atoms with Crippen molar-refractivity contribution < 1.29 is 75.9 Å². The van der Waals surface area contributed by atoms with Crippen molar-refractivity contribution in [1.82, 2.24) is 0 Å². The molecule has 0 N–H and O–H groups in total. The molecule has 0 spiro atoms. The van der Waals surface area contributed by atoms with Gasteiger partial charge in [-0.3, -0.25) is 4.21 Å². The van der Waals surface area contributed by atoms with E-state index in [0.717, 1.165) is 0 Å². The molecule has 1 unspecified atom stereocenters. The number of benzene rings is 1. The maximum absolute atomic E-state index is 13.4. The molecule has 144 valence electrons. The van der Waals surface area contributed by atoms with Crippen LogP contribution in [0.4, 0.5) is 48.3 Å². The van der Waals surface area contributed by atoms with Crippen molar-refractivity contribution in [2.24, 2.45) is 0 Å². The first-order chi connectivity index (χ1) is 10.9. The number of hydrogen-bond donors (Lipinski definition) is 0. The molecule has 0 saturated heterocycles. The first-order valence-corrected chi connectivity index (χ1v) is 7.32. The van der Waals surface area contributed by atoms with Gasteiger partial charge in [0.05, 0.1) is 10.5 Å². The second kappa shape index (κ2) is 7.86. The van der Waals surface area contributed by atoms with E-state index in [1.165, 1.54) is 0 Å². The number of thioether (sulfide) groups is 1. The molecule has 0 radical (unpaired) electrons. The summed E-state index contributed by atoms with van der Waals surface area (Å²) in [5, 5.41) is -11.4. The topological polar surface area (TPSA) is 40.1 Å². The molecule has 1 rings (SSSR count). The predicted octanol–water partition coefficient (Wildman–Crippen LogP) is 1.78. The van der Waals surface area contributed by atoms with Gasteiger partial charge in [-0.2, -0.15) is 39.5 Å². The summed E-state index contributed by atoms with van der Waals surface area (Å²) in [5.41, 5.74) is -2.57. The van der Waals surface area contributed by atoms with Crippen molar-refractivity contribution in [2.75, 3.05) is 0 Å². The van der Waals surface area contributed by atoms with Gasteiger partial charge in [-0.05, 0) is 23.9 Å². The Bertz CT molecular complexity index is 692. The number of rotatable bonds is 5. The third-order valence-electron chi connectivity index (χ3n) is 2.50. The summed E-state index contributed by atoms with van der Waals surface area (Å²) in [6.45, 7) is 0. The maximum atomic E-state index is 13.4. The summed E-state index contributed by atoms with van der Waals surface area (Å²) in [4.78, 5) is -1.81. The fraction of sp³-hybridized carbons (Fsp3) is 0.400. The summed E-state index contributed by atoms with van der Waals surface area (Å²) in [6, 6.07) is -1.40. The molecule has 0 aliphatic rings. The van der Waals surface area contributed by atoms with Gasteiger partial charge in [-0.25, -0.2) is 8.78 Å². The van der Waals surface area contributed by atoms with Crippen LogP contribution in [-0.2, 0) is 17.0 Å². The van der Waals surface area contributed by atoms with Crippen molar-refractivity contribution in [3.63, 3.8) is 0 Å². The first-order valence-electron chi connectivity index (χ1n) is 5.43. The van der Waals surface area contributed by atoms with Crippen molar-refractivity contribution in [2.45, 2.75) is 27.5 Å². The Labute approximate surface area is 156 Å². The molecule has 1 aromatic carbocycles. The van der Waals surface area contributed by atoms with E-state index < -0.39 is 79.7 Å². The SMILES string of the molecule is O=S([O-])C(F)(F)C(F)(F)Sc1cc(F)c(C(F)(F)C(F)(F)F)cc1F.[Li+]. The summed E-state index contributed by atoms with van der Waals surface area (Å²) < 4.78 is 161. The molecule has 16 heteroatoms. The molecule has 2 nitrogen and oxygen atoms in total. The second-order valence-electron chi connectivity index (χ2n) is 4.20. The second-order valence-corrected chi connectivity index (χ2v) is 6.34. The van der Waals surface area contributed by atoms with Crippen LogP contribution >= 0.6 is 11.8 Å². The van der Waals surface area contributed by atoms with Crippen LogP contribution in [0, 0.1) is 11.6 Å². The summed E-state index contributed by atoms with van der Waals surface area (Å²) in [6.07, 6.45) is -6.36. The van der Waals surface area contributed by atoms with Crippen LogP contribution in [0.15, 0.2) is 17.0 Å². The van der Waals surface area contributed by atoms with Gasteiger partial charge in [0.2, 0.25) is 0 Å². The molecule has 0 bridgehead atoms. The zero-order chi connectivity index (χ0) is 20.0. The molecule has 0 aliphatic carbocycles. The summed E-state index contributed by atoms with van der Waals surface area (Å²) >= 11 is -6.27. The Hall–Kier alpha value is -0.493. The smallest absolute Gasteiger partial charge is 0.768 e. The molecule has 1 aromatic rings. The van der Waals surface area contributed by atoms with Crippen LogP contribution in [0.3, 0.4) is 0 Å². The fourth-order valence-electron chi connectivity index (χ4n) is 1.29. The van der Waals surface area contributed by atoms with Crippen molar-refractivity contribution in [1.29, 1.82) is 0 Å². The Balaban J connectivity index is 0.00000625. The molecular weight excluding hydrogens is 432 g/mol. The van der Waals surface area contributed by atoms with E-state index in [1.807, 2.05) is 0 Å². The van der Waals surface area contributed by atoms with Gasteiger partial charge in [0.25, 0.3) is 0 Å². The normalized spacial score (nSPS) is 14.8. The summed E-state index contributed by atoms with van der Waals surface area (Å²) in [5.74, 6) is -10.7. The zero-order valence-electron chi connectivity index (χ0n) is 11.9. The average molecular weight is 434 g/mol. The van der Waals surface area contributed by atoms with E-state index in [2.05, 4.69) is 0 Å². The van der Waals surface area contributed by atoms with Crippen LogP contribution in [0.1, 0.15) is 5.56 Å². The monoisotopic (exact) mass is 434 g/mol. The van der Waals surface area contributed by atoms with Crippen LogP contribution in [0.5, 0.6) is 0 Å². The summed E-state index contributed by atoms with van der Waals surface area (Å²) in [7, 11) is 0. The number of alkyl halides is 9. The Morgan fingerprint density at radius 3 is 1.73 bits per heavy atom. The van der Waals surface area contributed by atoms with Gasteiger partial charge in [0.1, 0.15) is 11.6 Å². The molecule has 0 fully saturated rings. The largest absolute Gasteiger partial charge is 1.00 e. The Kier molecular flexibility index (Phi) is 7.71. The molecule has 0 aliphatic heterocycles. The van der Waals surface area contributed by atoms with E-state index in [-0.39, 0.29) is 18.9 Å². The molecule has 0 heterocycles. The number of halogens is 11. The van der Waals surface area contributed by atoms with Crippen molar-refractivity contribution in [3.8, 4) is 0 Å². The van der Waals surface area contributed by atoms with E-state index in [9.17, 15) is 57.1 Å². The van der Waals surface area contributed by atoms with E-state index in [0.29, 0.717) is 0 Å². The minimum absolute atomic E-state index is 0. The first kappa shape index (κ1) is 25.5. The van der Waals surface area contributed by atoms with Crippen LogP contribution in [-0.4, -0.2) is 25.4 Å². The molecule has 0 amide bonds. The van der Waals surface area contributed by atoms with Crippen LogP contribution in [0.25, 0.3) is 0 Å². The van der Waals surface area contributed by atoms with Gasteiger partial charge >= 0.3 is 41.5 Å². The Morgan fingerprint density at radius 2 is 1.35 bits per heavy atom. The van der Waals surface area contributed by atoms with Gasteiger partial charge < -0.3 is 4.55 Å². The quantitative estimate of drug-likeness (QED) is 0.307. The molecule has 1 atom stereocenters. The van der Waals surface area contributed by atoms with E-state index in [1.54, 1.807) is 0 Å². The van der Waals surface area contributed by atoms with Gasteiger partial charge in [0, 0.05) is 11.1 Å². The van der Waals surface area contributed by atoms with Gasteiger partial charge in [-0.15, -0.1) is 0 Å². The fourth-order valence-corrected chi connectivity index (χ4v) is 2.53. The third-order valence-corrected chi connectivity index (χ3v) is 4.35. The van der Waals surface area contributed by atoms with E-state index in [4.69, 9.17) is 0 Å². The van der Waals surface area contributed by atoms with Gasteiger partial charge in [-0.1, -0.05) is 0 Å². The van der Waals surface area contributed by atoms with E-state index >= 15 is 0 Å². The molecular formula is C10H2F11LiO2S2. The van der Waals surface area contributed by atoms with Gasteiger partial charge in [0.15, 0.2) is 0 Å². The number of hydrogen-bond acceptors (Lipinski definition) is 3. The van der Waals surface area contributed by atoms with Crippen LogP contribution < -0.4 is 18.9 Å². The molecule has 0 saturated carbocycles. The predicted molar refractivity (Wildman–Crippen MR) is 61.0 cm³/mol.